The predicted octanol–water partition coefficient (Wildman–Crippen LogP) is 2.04. The van der Waals surface area contributed by atoms with E-state index in [9.17, 15) is 19.2 Å². The van der Waals surface area contributed by atoms with Gasteiger partial charge in [0.25, 0.3) is 17.7 Å². The molecule has 3 heterocycles. The lowest BCUT2D eigenvalue weighted by Gasteiger charge is -2.12. The zero-order valence-electron chi connectivity index (χ0n) is 17.4. The van der Waals surface area contributed by atoms with E-state index >= 15 is 0 Å². The Morgan fingerprint density at radius 1 is 1.09 bits per heavy atom. The number of anilines is 1. The molecule has 1 aromatic carbocycles. The zero-order valence-corrected chi connectivity index (χ0v) is 17.4. The van der Waals surface area contributed by atoms with Gasteiger partial charge in [-0.15, -0.1) is 0 Å². The summed E-state index contributed by atoms with van der Waals surface area (Å²) in [7, 11) is 1.57. The van der Waals surface area contributed by atoms with E-state index in [2.05, 4.69) is 15.4 Å². The number of amides is 3. The van der Waals surface area contributed by atoms with Gasteiger partial charge in [-0.2, -0.15) is 5.10 Å². The highest BCUT2D eigenvalue weighted by molar-refractivity contribution is 6.22. The number of hydrogen-bond acceptors (Lipinski definition) is 7. The van der Waals surface area contributed by atoms with Crippen molar-refractivity contribution in [1.29, 1.82) is 0 Å². The normalized spacial score (nSPS) is 12.6. The molecule has 0 radical (unpaired) electrons. The summed E-state index contributed by atoms with van der Waals surface area (Å²) in [5.41, 5.74) is 1.18. The number of hydrogen-bond donors (Lipinski definition) is 1. The van der Waals surface area contributed by atoms with Crippen molar-refractivity contribution in [1.82, 2.24) is 19.7 Å². The van der Waals surface area contributed by atoms with Gasteiger partial charge in [-0.25, -0.2) is 4.79 Å². The van der Waals surface area contributed by atoms with Crippen LogP contribution in [-0.4, -0.2) is 50.0 Å². The summed E-state index contributed by atoms with van der Waals surface area (Å²) in [5.74, 6) is -1.97. The third-order valence-electron chi connectivity index (χ3n) is 4.95. The number of aryl methyl sites for hydroxylation is 1. The summed E-state index contributed by atoms with van der Waals surface area (Å²) in [6, 6.07) is 9.49. The van der Waals surface area contributed by atoms with Crippen LogP contribution in [0.4, 0.5) is 5.82 Å². The van der Waals surface area contributed by atoms with Crippen LogP contribution in [0.15, 0.2) is 48.8 Å². The predicted molar refractivity (Wildman–Crippen MR) is 112 cm³/mol. The minimum atomic E-state index is -0.615. The summed E-state index contributed by atoms with van der Waals surface area (Å²) in [4.78, 5) is 55.7. The number of ether oxygens (including phenoxy) is 1. The van der Waals surface area contributed by atoms with Gasteiger partial charge in [0, 0.05) is 18.8 Å². The minimum Gasteiger partial charge on any atom is -0.462 e. The molecule has 1 aliphatic rings. The van der Waals surface area contributed by atoms with Crippen molar-refractivity contribution >= 4 is 29.5 Å². The van der Waals surface area contributed by atoms with E-state index in [-0.39, 0.29) is 41.2 Å². The molecule has 1 aliphatic heterocycles. The maximum absolute atomic E-state index is 12.8. The first kappa shape index (κ1) is 20.9. The first-order valence-corrected chi connectivity index (χ1v) is 9.81. The van der Waals surface area contributed by atoms with Crippen LogP contribution in [0.5, 0.6) is 0 Å². The number of benzene rings is 1. The zero-order chi connectivity index (χ0) is 22.8. The van der Waals surface area contributed by atoms with E-state index in [4.69, 9.17) is 4.74 Å². The van der Waals surface area contributed by atoms with Crippen molar-refractivity contribution < 1.29 is 23.9 Å². The van der Waals surface area contributed by atoms with Gasteiger partial charge < -0.3 is 10.1 Å². The second kappa shape index (κ2) is 8.42. The molecule has 4 rings (SSSR count). The summed E-state index contributed by atoms with van der Waals surface area (Å²) >= 11 is 0. The van der Waals surface area contributed by atoms with Gasteiger partial charge in [-0.1, -0.05) is 6.07 Å². The van der Waals surface area contributed by atoms with Crippen LogP contribution in [-0.2, 0) is 18.3 Å². The number of carbonyl (C=O) groups is 4. The molecule has 162 valence electrons. The highest BCUT2D eigenvalue weighted by Gasteiger charge is 2.36. The Morgan fingerprint density at radius 2 is 1.88 bits per heavy atom. The van der Waals surface area contributed by atoms with Crippen molar-refractivity contribution in [2.45, 2.75) is 13.5 Å². The van der Waals surface area contributed by atoms with Crippen LogP contribution in [0.25, 0.3) is 0 Å². The summed E-state index contributed by atoms with van der Waals surface area (Å²) in [6.07, 6.45) is 2.88. The van der Waals surface area contributed by atoms with E-state index < -0.39 is 23.7 Å². The van der Waals surface area contributed by atoms with Crippen molar-refractivity contribution in [3.63, 3.8) is 0 Å². The Bertz CT molecular complexity index is 1230. The molecule has 2 aromatic heterocycles. The first-order valence-electron chi connectivity index (χ1n) is 9.81. The quantitative estimate of drug-likeness (QED) is 0.466. The van der Waals surface area contributed by atoms with E-state index in [1.54, 1.807) is 38.4 Å². The fourth-order valence-electron chi connectivity index (χ4n) is 3.35. The molecule has 0 saturated carbocycles. The largest absolute Gasteiger partial charge is 0.462 e. The number of aromatic nitrogens is 3. The van der Waals surface area contributed by atoms with Gasteiger partial charge in [0.15, 0.2) is 0 Å². The number of pyridine rings is 1. The molecular weight excluding hydrogens is 414 g/mol. The molecule has 0 aliphatic carbocycles. The Balaban J connectivity index is 1.57. The van der Waals surface area contributed by atoms with E-state index in [0.29, 0.717) is 5.69 Å². The minimum absolute atomic E-state index is 0.0344. The van der Waals surface area contributed by atoms with Crippen LogP contribution >= 0.6 is 0 Å². The molecule has 0 fully saturated rings. The molecule has 1 N–H and O–H groups in total. The molecule has 3 aromatic rings. The molecule has 10 nitrogen and oxygen atoms in total. The van der Waals surface area contributed by atoms with Crippen LogP contribution < -0.4 is 5.32 Å². The fourth-order valence-corrected chi connectivity index (χ4v) is 3.35. The Kier molecular flexibility index (Phi) is 5.50. The van der Waals surface area contributed by atoms with E-state index in [0.717, 1.165) is 4.90 Å². The number of carbonyl (C=O) groups excluding carboxylic acids is 4. The first-order chi connectivity index (χ1) is 15.4. The summed E-state index contributed by atoms with van der Waals surface area (Å²) < 4.78 is 6.31. The van der Waals surface area contributed by atoms with Gasteiger partial charge in [-0.3, -0.25) is 28.9 Å². The molecule has 0 unspecified atom stereocenters. The lowest BCUT2D eigenvalue weighted by atomic mass is 10.1. The van der Waals surface area contributed by atoms with Crippen molar-refractivity contribution in [3.8, 4) is 0 Å². The third-order valence-corrected chi connectivity index (χ3v) is 4.95. The van der Waals surface area contributed by atoms with Gasteiger partial charge in [0.1, 0.15) is 11.4 Å². The molecule has 0 atom stereocenters. The average molecular weight is 433 g/mol. The second-order valence-electron chi connectivity index (χ2n) is 6.98. The van der Waals surface area contributed by atoms with Crippen molar-refractivity contribution in [3.05, 3.63) is 76.7 Å². The van der Waals surface area contributed by atoms with Crippen LogP contribution in [0, 0.1) is 0 Å². The highest BCUT2D eigenvalue weighted by Crippen LogP contribution is 2.26. The fraction of sp³-hybridized carbons (Fsp3) is 0.182. The van der Waals surface area contributed by atoms with E-state index in [1.807, 2.05) is 0 Å². The molecule has 10 heteroatoms. The van der Waals surface area contributed by atoms with Crippen LogP contribution in [0.1, 0.15) is 54.0 Å². The number of rotatable bonds is 6. The Labute approximate surface area is 182 Å². The molecule has 3 amide bonds. The van der Waals surface area contributed by atoms with Crippen LogP contribution in [0.2, 0.25) is 0 Å². The number of imide groups is 1. The van der Waals surface area contributed by atoms with Gasteiger partial charge >= 0.3 is 5.97 Å². The SMILES string of the molecule is CCOC(=O)c1cnn(C)c1NC(=O)c1ccc2c(c1)C(=O)N(Cc1ccccn1)C2=O. The summed E-state index contributed by atoms with van der Waals surface area (Å²) in [5, 5.41) is 6.61. The topological polar surface area (TPSA) is 123 Å². The van der Waals surface area contributed by atoms with Gasteiger partial charge in [-0.05, 0) is 37.3 Å². The Morgan fingerprint density at radius 3 is 2.59 bits per heavy atom. The molecule has 0 saturated heterocycles. The highest BCUT2D eigenvalue weighted by atomic mass is 16.5. The maximum atomic E-state index is 12.8. The molecule has 32 heavy (non-hydrogen) atoms. The number of esters is 1. The lowest BCUT2D eigenvalue weighted by molar-refractivity contribution is 0.0526. The van der Waals surface area contributed by atoms with Gasteiger partial charge in [0.05, 0.1) is 36.2 Å². The number of nitrogens with zero attached hydrogens (tertiary/aromatic N) is 4. The smallest absolute Gasteiger partial charge is 0.343 e. The number of nitrogens with one attached hydrogen (secondary N) is 1. The third kappa shape index (κ3) is 3.73. The second-order valence-corrected chi connectivity index (χ2v) is 6.98. The molecule has 0 spiro atoms. The maximum Gasteiger partial charge on any atom is 0.343 e. The Hall–Kier alpha value is -4.34. The monoisotopic (exact) mass is 433 g/mol. The number of fused-ring (bicyclic) bond motifs is 1. The lowest BCUT2D eigenvalue weighted by Crippen LogP contribution is -2.29. The standard InChI is InChI=1S/C22H19N5O5/c1-3-32-22(31)17-11-24-26(2)18(17)25-19(28)13-7-8-15-16(10-13)21(30)27(20(15)29)12-14-6-4-5-9-23-14/h4-11H,3,12H2,1-2H3,(H,25,28). The van der Waals surface area contributed by atoms with Crippen LogP contribution in [0.3, 0.4) is 0 Å². The molecule has 0 bridgehead atoms. The van der Waals surface area contributed by atoms with Crippen molar-refractivity contribution in [2.24, 2.45) is 7.05 Å². The average Bonchev–Trinajstić information content (AvgIpc) is 3.27. The molecular formula is C22H19N5O5. The van der Waals surface area contributed by atoms with Crippen molar-refractivity contribution in [2.75, 3.05) is 11.9 Å². The van der Waals surface area contributed by atoms with E-state index in [1.165, 1.54) is 29.1 Å². The summed E-state index contributed by atoms with van der Waals surface area (Å²) in [6.45, 7) is 1.89. The van der Waals surface area contributed by atoms with Gasteiger partial charge in [0.2, 0.25) is 0 Å².